The maximum absolute atomic E-state index is 10.7. The van der Waals surface area contributed by atoms with E-state index in [1.54, 1.807) is 18.3 Å². The molecular weight excluding hydrogens is 351 g/mol. The van der Waals surface area contributed by atoms with Gasteiger partial charge < -0.3 is 9.84 Å². The maximum atomic E-state index is 10.7. The predicted molar refractivity (Wildman–Crippen MR) is 93.5 cm³/mol. The van der Waals surface area contributed by atoms with E-state index >= 15 is 0 Å². The van der Waals surface area contributed by atoms with Gasteiger partial charge in [0, 0.05) is 17.3 Å². The lowest BCUT2D eigenvalue weighted by molar-refractivity contribution is -0.138. The van der Waals surface area contributed by atoms with Crippen molar-refractivity contribution in [3.8, 4) is 5.88 Å². The lowest BCUT2D eigenvalue weighted by atomic mass is 10.0. The highest BCUT2D eigenvalue weighted by molar-refractivity contribution is 6.47. The quantitative estimate of drug-likeness (QED) is 0.640. The number of nitrogens with zero attached hydrogens (tertiary/aromatic N) is 1. The molecule has 0 aliphatic carbocycles. The number of carbonyl (C=O) groups is 1. The van der Waals surface area contributed by atoms with Crippen molar-refractivity contribution in [3.05, 3.63) is 59.3 Å². The Morgan fingerprint density at radius 2 is 2.08 bits per heavy atom. The van der Waals surface area contributed by atoms with E-state index in [0.717, 1.165) is 17.5 Å². The zero-order valence-corrected chi connectivity index (χ0v) is 14.6. The second kappa shape index (κ2) is 7.83. The van der Waals surface area contributed by atoms with E-state index in [-0.39, 0.29) is 6.61 Å². The van der Waals surface area contributed by atoms with Gasteiger partial charge in [-0.25, -0.2) is 4.98 Å². The van der Waals surface area contributed by atoms with Crippen LogP contribution in [0.2, 0.25) is 0 Å². The first-order valence-electron chi connectivity index (χ1n) is 7.40. The molecule has 2 aromatic rings. The van der Waals surface area contributed by atoms with Crippen molar-refractivity contribution in [1.29, 1.82) is 0 Å². The minimum Gasteiger partial charge on any atom is -0.481 e. The van der Waals surface area contributed by atoms with Crippen LogP contribution in [-0.4, -0.2) is 22.7 Å². The summed E-state index contributed by atoms with van der Waals surface area (Å²) in [5.41, 5.74) is 8.11. The van der Waals surface area contributed by atoms with Crippen molar-refractivity contribution in [1.82, 2.24) is 4.98 Å². The molecule has 1 aromatic carbocycles. The number of carboxylic acid groups (broad SMARTS) is 1. The second-order valence-electron chi connectivity index (χ2n) is 5.23. The minimum absolute atomic E-state index is 0.196. The molecule has 1 aliphatic rings. The van der Waals surface area contributed by atoms with Crippen LogP contribution < -0.4 is 10.5 Å². The van der Waals surface area contributed by atoms with Gasteiger partial charge in [0.25, 0.3) is 0 Å². The fourth-order valence-corrected chi connectivity index (χ4v) is 2.77. The molecule has 1 aliphatic heterocycles. The number of nitrogens with two attached hydrogens (primary N) is 1. The van der Waals surface area contributed by atoms with Gasteiger partial charge in [-0.05, 0) is 18.1 Å². The van der Waals surface area contributed by atoms with Crippen molar-refractivity contribution in [2.75, 3.05) is 6.61 Å². The van der Waals surface area contributed by atoms with Crippen LogP contribution in [0, 0.1) is 0 Å². The Balaban J connectivity index is 0.000000174. The minimum atomic E-state index is -1.27. The lowest BCUT2D eigenvalue weighted by Gasteiger charge is -2.17. The Kier molecular flexibility index (Phi) is 6.04. The molecule has 24 heavy (non-hydrogen) atoms. The number of rotatable bonds is 3. The number of aromatic nitrogens is 1. The van der Waals surface area contributed by atoms with Crippen LogP contribution in [0.15, 0.2) is 42.6 Å². The van der Waals surface area contributed by atoms with E-state index in [2.05, 4.69) is 4.98 Å². The SMILES string of the molecule is CCc1ccccc1C(N)(Cl)Cl.O=C(O)C1COc2ncccc21. The van der Waals surface area contributed by atoms with Gasteiger partial charge in [0.2, 0.25) is 5.88 Å². The van der Waals surface area contributed by atoms with Gasteiger partial charge in [0.1, 0.15) is 12.5 Å². The third-order valence-corrected chi connectivity index (χ3v) is 4.03. The number of hydrogen-bond donors (Lipinski definition) is 2. The molecule has 3 N–H and O–H groups in total. The summed E-state index contributed by atoms with van der Waals surface area (Å²) in [5, 5.41) is 8.75. The summed E-state index contributed by atoms with van der Waals surface area (Å²) >= 11 is 11.6. The number of hydrogen-bond acceptors (Lipinski definition) is 4. The van der Waals surface area contributed by atoms with Crippen LogP contribution in [0.1, 0.15) is 29.5 Å². The number of pyridine rings is 1. The van der Waals surface area contributed by atoms with Crippen LogP contribution in [-0.2, 0) is 15.7 Å². The molecule has 1 atom stereocenters. The number of aliphatic carboxylic acids is 1. The standard InChI is InChI=1S/C9H11Cl2N.C8H7NO3/c1-2-7-5-3-4-6-8(7)9(10,11)12;10-8(11)6-4-12-7-5(6)2-1-3-9-7/h3-6H,2,12H2,1H3;1-3,6H,4H2,(H,10,11). The van der Waals surface area contributed by atoms with Crippen LogP contribution in [0.4, 0.5) is 0 Å². The molecule has 128 valence electrons. The molecule has 0 bridgehead atoms. The van der Waals surface area contributed by atoms with Gasteiger partial charge >= 0.3 is 5.97 Å². The van der Waals surface area contributed by atoms with Crippen LogP contribution in [0.3, 0.4) is 0 Å². The summed E-state index contributed by atoms with van der Waals surface area (Å²) in [7, 11) is 0. The third-order valence-electron chi connectivity index (χ3n) is 3.62. The summed E-state index contributed by atoms with van der Waals surface area (Å²) in [4.78, 5) is 14.6. The molecule has 1 aromatic heterocycles. The average Bonchev–Trinajstić information content (AvgIpc) is 2.99. The number of benzene rings is 1. The monoisotopic (exact) mass is 368 g/mol. The van der Waals surface area contributed by atoms with Gasteiger partial charge in [-0.1, -0.05) is 60.5 Å². The van der Waals surface area contributed by atoms with Crippen LogP contribution in [0.25, 0.3) is 0 Å². The third kappa shape index (κ3) is 4.38. The number of fused-ring (bicyclic) bond motifs is 1. The van der Waals surface area contributed by atoms with E-state index in [4.69, 9.17) is 38.8 Å². The number of carboxylic acids is 1. The van der Waals surface area contributed by atoms with E-state index in [0.29, 0.717) is 11.4 Å². The molecule has 0 radical (unpaired) electrons. The zero-order chi connectivity index (χ0) is 17.7. The summed E-state index contributed by atoms with van der Waals surface area (Å²) in [5.74, 6) is -0.958. The highest BCUT2D eigenvalue weighted by atomic mass is 35.5. The van der Waals surface area contributed by atoms with Crippen LogP contribution in [0.5, 0.6) is 5.88 Å². The Morgan fingerprint density at radius 3 is 2.67 bits per heavy atom. The van der Waals surface area contributed by atoms with Crippen molar-refractivity contribution in [2.24, 2.45) is 5.73 Å². The molecule has 3 rings (SSSR count). The summed E-state index contributed by atoms with van der Waals surface area (Å²) in [6.45, 7) is 2.24. The number of alkyl halides is 2. The predicted octanol–water partition coefficient (Wildman–Crippen LogP) is 3.44. The number of halogens is 2. The Bertz CT molecular complexity index is 717. The van der Waals surface area contributed by atoms with Gasteiger partial charge in [0.15, 0.2) is 4.46 Å². The molecule has 0 saturated carbocycles. The summed E-state index contributed by atoms with van der Waals surface area (Å²) < 4.78 is 3.81. The largest absolute Gasteiger partial charge is 0.481 e. The van der Waals surface area contributed by atoms with Gasteiger partial charge in [-0.15, -0.1) is 0 Å². The second-order valence-corrected chi connectivity index (χ2v) is 6.62. The molecular formula is C17H18Cl2N2O3. The molecule has 2 heterocycles. The molecule has 5 nitrogen and oxygen atoms in total. The fraction of sp³-hybridized carbons (Fsp3) is 0.294. The fourth-order valence-electron chi connectivity index (χ4n) is 2.40. The van der Waals surface area contributed by atoms with Gasteiger partial charge in [-0.2, -0.15) is 0 Å². The number of aryl methyl sites for hydroxylation is 1. The first-order valence-corrected chi connectivity index (χ1v) is 8.15. The molecule has 0 amide bonds. The first kappa shape index (κ1) is 18.5. The zero-order valence-electron chi connectivity index (χ0n) is 13.1. The lowest BCUT2D eigenvalue weighted by Crippen LogP contribution is -2.23. The molecule has 1 unspecified atom stereocenters. The molecule has 0 spiro atoms. The van der Waals surface area contributed by atoms with Crippen LogP contribution >= 0.6 is 23.2 Å². The van der Waals surface area contributed by atoms with E-state index < -0.39 is 16.3 Å². The van der Waals surface area contributed by atoms with E-state index in [1.807, 2.05) is 31.2 Å². The van der Waals surface area contributed by atoms with E-state index in [9.17, 15) is 4.79 Å². The maximum Gasteiger partial charge on any atom is 0.314 e. The smallest absolute Gasteiger partial charge is 0.314 e. The van der Waals surface area contributed by atoms with Crippen molar-refractivity contribution < 1.29 is 14.6 Å². The van der Waals surface area contributed by atoms with Crippen molar-refractivity contribution in [3.63, 3.8) is 0 Å². The number of ether oxygens (including phenoxy) is 1. The Morgan fingerprint density at radius 1 is 1.38 bits per heavy atom. The van der Waals surface area contributed by atoms with Crippen molar-refractivity contribution in [2.45, 2.75) is 23.7 Å². The van der Waals surface area contributed by atoms with E-state index in [1.165, 1.54) is 0 Å². The average molecular weight is 369 g/mol. The normalized spacial score (nSPS) is 15.8. The molecule has 7 heteroatoms. The molecule has 0 saturated heterocycles. The Labute approximate surface area is 150 Å². The molecule has 0 fully saturated rings. The first-order chi connectivity index (χ1) is 11.3. The summed E-state index contributed by atoms with van der Waals surface area (Å²) in [6.07, 6.45) is 2.47. The van der Waals surface area contributed by atoms with Gasteiger partial charge in [-0.3, -0.25) is 10.5 Å². The summed E-state index contributed by atoms with van der Waals surface area (Å²) in [6, 6.07) is 11.1. The van der Waals surface area contributed by atoms with Crippen molar-refractivity contribution >= 4 is 29.2 Å². The Hall–Kier alpha value is -1.82. The van der Waals surface area contributed by atoms with Gasteiger partial charge in [0.05, 0.1) is 0 Å². The highest BCUT2D eigenvalue weighted by Crippen LogP contribution is 2.31. The topological polar surface area (TPSA) is 85.4 Å². The highest BCUT2D eigenvalue weighted by Gasteiger charge is 2.30.